The monoisotopic (exact) mass is 272 g/mol. The van der Waals surface area contributed by atoms with Crippen LogP contribution in [0.2, 0.25) is 0 Å². The Bertz CT molecular complexity index is 572. The van der Waals surface area contributed by atoms with E-state index >= 15 is 0 Å². The number of nitrogens with zero attached hydrogens (tertiary/aromatic N) is 1. The van der Waals surface area contributed by atoms with Crippen LogP contribution in [-0.4, -0.2) is 33.8 Å². The first-order chi connectivity index (χ1) is 9.69. The molecule has 0 aliphatic carbocycles. The van der Waals surface area contributed by atoms with Crippen LogP contribution in [0.1, 0.15) is 16.1 Å². The number of carbonyl (C=O) groups is 1. The van der Waals surface area contributed by atoms with Crippen LogP contribution in [0.5, 0.6) is 0 Å². The summed E-state index contributed by atoms with van der Waals surface area (Å²) in [5.74, 6) is -1.07. The third-order valence-corrected chi connectivity index (χ3v) is 2.90. The number of anilines is 1. The minimum absolute atomic E-state index is 0.0219. The van der Waals surface area contributed by atoms with Gasteiger partial charge in [0, 0.05) is 11.9 Å². The minimum atomic E-state index is -1.07. The van der Waals surface area contributed by atoms with Gasteiger partial charge < -0.3 is 15.5 Å². The molecule has 0 aliphatic rings. The predicted octanol–water partition coefficient (Wildman–Crippen LogP) is 1.80. The fourth-order valence-electron chi connectivity index (χ4n) is 1.93. The molecule has 0 spiro atoms. The van der Waals surface area contributed by atoms with Crippen molar-refractivity contribution in [2.75, 3.05) is 11.9 Å². The summed E-state index contributed by atoms with van der Waals surface area (Å²) in [6, 6.07) is 12.8. The van der Waals surface area contributed by atoms with Gasteiger partial charge in [-0.2, -0.15) is 0 Å². The maximum atomic E-state index is 10.9. The summed E-state index contributed by atoms with van der Waals surface area (Å²) in [7, 11) is 0. The van der Waals surface area contributed by atoms with Crippen molar-refractivity contribution in [2.45, 2.75) is 12.5 Å². The van der Waals surface area contributed by atoms with E-state index in [1.165, 1.54) is 12.3 Å². The van der Waals surface area contributed by atoms with Gasteiger partial charge in [-0.15, -0.1) is 0 Å². The summed E-state index contributed by atoms with van der Waals surface area (Å²) in [5.41, 5.74) is 1.71. The molecule has 3 N–H and O–H groups in total. The van der Waals surface area contributed by atoms with Crippen LogP contribution in [-0.2, 0) is 6.42 Å². The molecular weight excluding hydrogens is 256 g/mol. The molecule has 1 aromatic heterocycles. The average Bonchev–Trinajstić information content (AvgIpc) is 2.48. The van der Waals surface area contributed by atoms with Crippen molar-refractivity contribution in [2.24, 2.45) is 0 Å². The minimum Gasteiger partial charge on any atom is -0.477 e. The highest BCUT2D eigenvalue weighted by Crippen LogP contribution is 2.12. The second-order valence-corrected chi connectivity index (χ2v) is 4.45. The molecular formula is C15H16N2O3. The third-order valence-electron chi connectivity index (χ3n) is 2.90. The molecule has 5 heteroatoms. The molecule has 1 unspecified atom stereocenters. The quantitative estimate of drug-likeness (QED) is 0.747. The first-order valence-corrected chi connectivity index (χ1v) is 6.29. The summed E-state index contributed by atoms with van der Waals surface area (Å²) < 4.78 is 0. The molecule has 0 aliphatic heterocycles. The number of hydrogen-bond acceptors (Lipinski definition) is 4. The lowest BCUT2D eigenvalue weighted by Crippen LogP contribution is -2.26. The molecule has 104 valence electrons. The van der Waals surface area contributed by atoms with Crippen LogP contribution in [0.3, 0.4) is 0 Å². The molecule has 0 amide bonds. The Morgan fingerprint density at radius 1 is 1.25 bits per heavy atom. The molecule has 2 aromatic rings. The summed E-state index contributed by atoms with van der Waals surface area (Å²) in [5, 5.41) is 21.4. The van der Waals surface area contributed by atoms with Crippen LogP contribution in [0.15, 0.2) is 48.7 Å². The van der Waals surface area contributed by atoms with Gasteiger partial charge in [-0.25, -0.2) is 9.78 Å². The Morgan fingerprint density at radius 3 is 2.65 bits per heavy atom. The van der Waals surface area contributed by atoms with Crippen molar-refractivity contribution in [3.8, 4) is 0 Å². The topological polar surface area (TPSA) is 82.5 Å². The van der Waals surface area contributed by atoms with E-state index in [9.17, 15) is 9.90 Å². The number of aromatic carboxylic acids is 1. The molecule has 5 nitrogen and oxygen atoms in total. The number of aliphatic hydroxyl groups excluding tert-OH is 1. The molecule has 1 atom stereocenters. The Kier molecular flexibility index (Phi) is 4.68. The normalized spacial score (nSPS) is 11.8. The fourth-order valence-corrected chi connectivity index (χ4v) is 1.93. The number of nitrogens with one attached hydrogen (secondary N) is 1. The van der Waals surface area contributed by atoms with E-state index in [2.05, 4.69) is 10.3 Å². The van der Waals surface area contributed by atoms with Crippen molar-refractivity contribution in [3.05, 3.63) is 59.9 Å². The van der Waals surface area contributed by atoms with Gasteiger partial charge >= 0.3 is 5.97 Å². The predicted molar refractivity (Wildman–Crippen MR) is 75.8 cm³/mol. The van der Waals surface area contributed by atoms with Crippen molar-refractivity contribution < 1.29 is 15.0 Å². The van der Waals surface area contributed by atoms with Gasteiger partial charge in [-0.3, -0.25) is 0 Å². The Morgan fingerprint density at radius 2 is 2.00 bits per heavy atom. The Balaban J connectivity index is 2.06. The summed E-state index contributed by atoms with van der Waals surface area (Å²) in [4.78, 5) is 14.6. The van der Waals surface area contributed by atoms with Crippen LogP contribution in [0.25, 0.3) is 0 Å². The number of aromatic nitrogens is 1. The molecule has 0 saturated heterocycles. The number of benzene rings is 1. The highest BCUT2D eigenvalue weighted by Gasteiger charge is 2.10. The lowest BCUT2D eigenvalue weighted by atomic mass is 10.1. The highest BCUT2D eigenvalue weighted by atomic mass is 16.4. The zero-order valence-electron chi connectivity index (χ0n) is 10.9. The number of carboxylic acids is 1. The van der Waals surface area contributed by atoms with Gasteiger partial charge in [0.05, 0.1) is 12.6 Å². The van der Waals surface area contributed by atoms with Gasteiger partial charge in [0.15, 0.2) is 0 Å². The van der Waals surface area contributed by atoms with E-state index in [1.54, 1.807) is 6.07 Å². The molecule has 0 saturated carbocycles. The van der Waals surface area contributed by atoms with Crippen LogP contribution in [0.4, 0.5) is 5.69 Å². The van der Waals surface area contributed by atoms with Crippen LogP contribution >= 0.6 is 0 Å². The number of carboxylic acid groups (broad SMARTS) is 1. The zero-order chi connectivity index (χ0) is 14.4. The average molecular weight is 272 g/mol. The van der Waals surface area contributed by atoms with E-state index in [4.69, 9.17) is 5.11 Å². The molecule has 2 rings (SSSR count). The lowest BCUT2D eigenvalue weighted by molar-refractivity contribution is 0.0690. The van der Waals surface area contributed by atoms with Gasteiger partial charge in [0.2, 0.25) is 0 Å². The summed E-state index contributed by atoms with van der Waals surface area (Å²) in [6.45, 7) is -0.0420. The molecule has 0 bridgehead atoms. The smallest absolute Gasteiger partial charge is 0.354 e. The SMILES string of the molecule is O=C(O)c1cc(NC(CO)Cc2ccccc2)ccn1. The first kappa shape index (κ1) is 14.0. The summed E-state index contributed by atoms with van der Waals surface area (Å²) >= 11 is 0. The van der Waals surface area contributed by atoms with Gasteiger partial charge in [0.25, 0.3) is 0 Å². The molecule has 1 heterocycles. The highest BCUT2D eigenvalue weighted by molar-refractivity contribution is 5.86. The van der Waals surface area contributed by atoms with Crippen molar-refractivity contribution in [1.29, 1.82) is 0 Å². The van der Waals surface area contributed by atoms with Gasteiger partial charge in [-0.1, -0.05) is 30.3 Å². The lowest BCUT2D eigenvalue weighted by Gasteiger charge is -2.17. The standard InChI is InChI=1S/C15H16N2O3/c18-10-13(8-11-4-2-1-3-5-11)17-12-6-7-16-14(9-12)15(19)20/h1-7,9,13,18H,8,10H2,(H,16,17)(H,19,20). The number of hydrogen-bond donors (Lipinski definition) is 3. The largest absolute Gasteiger partial charge is 0.477 e. The maximum absolute atomic E-state index is 10.9. The van der Waals surface area contributed by atoms with Gasteiger partial charge in [-0.05, 0) is 24.1 Å². The van der Waals surface area contributed by atoms with Crippen molar-refractivity contribution in [3.63, 3.8) is 0 Å². The maximum Gasteiger partial charge on any atom is 0.354 e. The summed E-state index contributed by atoms with van der Waals surface area (Å²) in [6.07, 6.45) is 2.09. The fraction of sp³-hybridized carbons (Fsp3) is 0.200. The zero-order valence-corrected chi connectivity index (χ0v) is 10.9. The Labute approximate surface area is 116 Å². The van der Waals surface area contributed by atoms with Gasteiger partial charge in [0.1, 0.15) is 5.69 Å². The van der Waals surface area contributed by atoms with Crippen molar-refractivity contribution >= 4 is 11.7 Å². The third kappa shape index (κ3) is 3.80. The second-order valence-electron chi connectivity index (χ2n) is 4.45. The Hall–Kier alpha value is -2.40. The molecule has 0 fully saturated rings. The second kappa shape index (κ2) is 6.68. The molecule has 1 aromatic carbocycles. The van der Waals surface area contributed by atoms with E-state index < -0.39 is 5.97 Å². The van der Waals surface area contributed by atoms with E-state index in [0.29, 0.717) is 12.1 Å². The van der Waals surface area contributed by atoms with E-state index in [0.717, 1.165) is 5.56 Å². The van der Waals surface area contributed by atoms with Crippen LogP contribution < -0.4 is 5.32 Å². The first-order valence-electron chi connectivity index (χ1n) is 6.29. The number of rotatable bonds is 6. The number of aliphatic hydroxyl groups is 1. The van der Waals surface area contributed by atoms with E-state index in [-0.39, 0.29) is 18.3 Å². The molecule has 0 radical (unpaired) electrons. The van der Waals surface area contributed by atoms with E-state index in [1.807, 2.05) is 30.3 Å². The number of pyridine rings is 1. The van der Waals surface area contributed by atoms with Crippen LogP contribution in [0, 0.1) is 0 Å². The van der Waals surface area contributed by atoms with Crippen molar-refractivity contribution in [1.82, 2.24) is 4.98 Å². The molecule has 20 heavy (non-hydrogen) atoms.